The second kappa shape index (κ2) is 5.35. The van der Waals surface area contributed by atoms with Gasteiger partial charge in [-0.15, -0.1) is 11.3 Å². The second-order valence-corrected chi connectivity index (χ2v) is 5.19. The molecule has 0 spiro atoms. The Morgan fingerprint density at radius 1 is 1.44 bits per heavy atom. The molecule has 0 aromatic carbocycles. The SMILES string of the molecule is C(=C1CCCCN1)c1ccn(Cc2cscn2)n1. The molecule has 0 bridgehead atoms. The fraction of sp³-hybridized carbons (Fsp3) is 0.385. The Morgan fingerprint density at radius 2 is 2.44 bits per heavy atom. The lowest BCUT2D eigenvalue weighted by Crippen LogP contribution is -2.19. The quantitative estimate of drug-likeness (QED) is 0.922. The van der Waals surface area contributed by atoms with Crippen molar-refractivity contribution in [2.75, 3.05) is 6.54 Å². The summed E-state index contributed by atoms with van der Waals surface area (Å²) in [6.07, 6.45) is 7.85. The highest BCUT2D eigenvalue weighted by atomic mass is 32.1. The zero-order valence-corrected chi connectivity index (χ0v) is 11.0. The summed E-state index contributed by atoms with van der Waals surface area (Å²) in [5.74, 6) is 0. The van der Waals surface area contributed by atoms with Crippen molar-refractivity contribution in [1.82, 2.24) is 20.1 Å². The minimum absolute atomic E-state index is 0.750. The maximum Gasteiger partial charge on any atom is 0.0868 e. The minimum Gasteiger partial charge on any atom is -0.388 e. The first-order valence-electron chi connectivity index (χ1n) is 6.25. The number of thiazole rings is 1. The molecule has 94 valence electrons. The molecule has 0 saturated carbocycles. The van der Waals surface area contributed by atoms with Crippen LogP contribution in [-0.2, 0) is 6.54 Å². The van der Waals surface area contributed by atoms with Crippen LogP contribution in [0, 0.1) is 0 Å². The van der Waals surface area contributed by atoms with Crippen LogP contribution in [0.3, 0.4) is 0 Å². The molecule has 1 N–H and O–H groups in total. The normalized spacial score (nSPS) is 17.9. The molecule has 0 unspecified atom stereocenters. The van der Waals surface area contributed by atoms with Crippen molar-refractivity contribution >= 4 is 17.4 Å². The number of allylic oxidation sites excluding steroid dienone is 1. The van der Waals surface area contributed by atoms with E-state index in [1.54, 1.807) is 11.3 Å². The lowest BCUT2D eigenvalue weighted by Gasteiger charge is -2.15. The Kier molecular flexibility index (Phi) is 3.41. The molecule has 5 heteroatoms. The van der Waals surface area contributed by atoms with Crippen LogP contribution < -0.4 is 5.32 Å². The second-order valence-electron chi connectivity index (χ2n) is 4.47. The summed E-state index contributed by atoms with van der Waals surface area (Å²) < 4.78 is 1.93. The van der Waals surface area contributed by atoms with Crippen molar-refractivity contribution in [2.24, 2.45) is 0 Å². The van der Waals surface area contributed by atoms with Gasteiger partial charge in [-0.3, -0.25) is 4.68 Å². The summed E-state index contributed by atoms with van der Waals surface area (Å²) in [5.41, 5.74) is 5.25. The molecule has 2 aromatic heterocycles. The monoisotopic (exact) mass is 260 g/mol. The van der Waals surface area contributed by atoms with Crippen LogP contribution in [0.25, 0.3) is 6.08 Å². The van der Waals surface area contributed by atoms with Gasteiger partial charge < -0.3 is 5.32 Å². The minimum atomic E-state index is 0.750. The first-order valence-corrected chi connectivity index (χ1v) is 7.19. The van der Waals surface area contributed by atoms with Gasteiger partial charge >= 0.3 is 0 Å². The Hall–Kier alpha value is -1.62. The molecule has 2 aromatic rings. The largest absolute Gasteiger partial charge is 0.388 e. The van der Waals surface area contributed by atoms with Crippen LogP contribution in [0.2, 0.25) is 0 Å². The van der Waals surface area contributed by atoms with Crippen LogP contribution in [0.15, 0.2) is 28.9 Å². The van der Waals surface area contributed by atoms with Gasteiger partial charge in [-0.2, -0.15) is 5.10 Å². The first-order chi connectivity index (χ1) is 8.90. The molecule has 3 heterocycles. The summed E-state index contributed by atoms with van der Waals surface area (Å²) in [5, 5.41) is 10.0. The van der Waals surface area contributed by atoms with Crippen LogP contribution in [0.4, 0.5) is 0 Å². The number of nitrogens with zero attached hydrogens (tertiary/aromatic N) is 3. The lowest BCUT2D eigenvalue weighted by atomic mass is 10.1. The van der Waals surface area contributed by atoms with E-state index in [0.29, 0.717) is 0 Å². The summed E-state index contributed by atoms with van der Waals surface area (Å²) in [6, 6.07) is 2.05. The average molecular weight is 260 g/mol. The van der Waals surface area contributed by atoms with Gasteiger partial charge in [0.2, 0.25) is 0 Å². The van der Waals surface area contributed by atoms with Crippen molar-refractivity contribution in [3.05, 3.63) is 40.2 Å². The molecule has 1 aliphatic heterocycles. The topological polar surface area (TPSA) is 42.7 Å². The van der Waals surface area contributed by atoms with Gasteiger partial charge in [0.25, 0.3) is 0 Å². The Bertz CT molecular complexity index is 519. The molecule has 3 rings (SSSR count). The number of rotatable bonds is 3. The van der Waals surface area contributed by atoms with Crippen molar-refractivity contribution in [3.63, 3.8) is 0 Å². The number of hydrogen-bond donors (Lipinski definition) is 1. The fourth-order valence-electron chi connectivity index (χ4n) is 2.10. The van der Waals surface area contributed by atoms with Crippen LogP contribution in [-0.4, -0.2) is 21.3 Å². The maximum atomic E-state index is 4.54. The van der Waals surface area contributed by atoms with Gasteiger partial charge in [0.1, 0.15) is 0 Å². The highest BCUT2D eigenvalue weighted by molar-refractivity contribution is 7.07. The molecule has 18 heavy (non-hydrogen) atoms. The molecule has 0 atom stereocenters. The molecule has 0 aliphatic carbocycles. The van der Waals surface area contributed by atoms with Gasteiger partial charge in [-0.1, -0.05) is 0 Å². The number of hydrogen-bond acceptors (Lipinski definition) is 4. The molecule has 0 amide bonds. The standard InChI is InChI=1S/C13H16N4S/c1-2-5-14-11(3-1)7-12-4-6-17(16-12)8-13-9-18-10-15-13/h4,6-7,9-10,14H,1-3,5,8H2. The molecular formula is C13H16N4S. The molecule has 1 saturated heterocycles. The van der Waals surface area contributed by atoms with E-state index in [9.17, 15) is 0 Å². The van der Waals surface area contributed by atoms with Crippen LogP contribution in [0.1, 0.15) is 30.7 Å². The lowest BCUT2D eigenvalue weighted by molar-refractivity contribution is 0.591. The molecular weight excluding hydrogens is 244 g/mol. The summed E-state index contributed by atoms with van der Waals surface area (Å²) >= 11 is 1.62. The zero-order valence-electron chi connectivity index (χ0n) is 10.2. The zero-order chi connectivity index (χ0) is 12.2. The Balaban J connectivity index is 1.69. The van der Waals surface area contributed by atoms with E-state index in [1.807, 2.05) is 16.4 Å². The Morgan fingerprint density at radius 3 is 3.22 bits per heavy atom. The van der Waals surface area contributed by atoms with E-state index < -0.39 is 0 Å². The molecule has 1 fully saturated rings. The van der Waals surface area contributed by atoms with Gasteiger partial charge in [0, 0.05) is 23.8 Å². The third-order valence-electron chi connectivity index (χ3n) is 3.02. The van der Waals surface area contributed by atoms with E-state index in [0.717, 1.165) is 30.9 Å². The smallest absolute Gasteiger partial charge is 0.0868 e. The molecule has 4 nitrogen and oxygen atoms in total. The van der Waals surface area contributed by atoms with Gasteiger partial charge in [-0.05, 0) is 31.4 Å². The van der Waals surface area contributed by atoms with Crippen LogP contribution >= 0.6 is 11.3 Å². The predicted molar refractivity (Wildman–Crippen MR) is 73.3 cm³/mol. The van der Waals surface area contributed by atoms with Crippen molar-refractivity contribution < 1.29 is 0 Å². The summed E-state index contributed by atoms with van der Waals surface area (Å²) in [6.45, 7) is 1.84. The number of aromatic nitrogens is 3. The highest BCUT2D eigenvalue weighted by Gasteiger charge is 2.05. The number of nitrogens with one attached hydrogen (secondary N) is 1. The first kappa shape index (κ1) is 11.5. The maximum absolute atomic E-state index is 4.54. The van der Waals surface area contributed by atoms with Crippen molar-refractivity contribution in [3.8, 4) is 0 Å². The van der Waals surface area contributed by atoms with E-state index in [4.69, 9.17) is 0 Å². The number of piperidine rings is 1. The van der Waals surface area contributed by atoms with E-state index in [2.05, 4.69) is 32.9 Å². The predicted octanol–water partition coefficient (Wildman–Crippen LogP) is 2.50. The van der Waals surface area contributed by atoms with Crippen LogP contribution in [0.5, 0.6) is 0 Å². The Labute approximate surface area is 110 Å². The van der Waals surface area contributed by atoms with E-state index >= 15 is 0 Å². The van der Waals surface area contributed by atoms with Gasteiger partial charge in [0.15, 0.2) is 0 Å². The van der Waals surface area contributed by atoms with Gasteiger partial charge in [0.05, 0.1) is 23.4 Å². The third kappa shape index (κ3) is 2.79. The van der Waals surface area contributed by atoms with Crippen molar-refractivity contribution in [2.45, 2.75) is 25.8 Å². The van der Waals surface area contributed by atoms with Crippen molar-refractivity contribution in [1.29, 1.82) is 0 Å². The molecule has 0 radical (unpaired) electrons. The third-order valence-corrected chi connectivity index (χ3v) is 3.65. The summed E-state index contributed by atoms with van der Waals surface area (Å²) in [4.78, 5) is 4.27. The van der Waals surface area contributed by atoms with E-state index in [1.165, 1.54) is 18.5 Å². The highest BCUT2D eigenvalue weighted by Crippen LogP contribution is 2.13. The fourth-order valence-corrected chi connectivity index (χ4v) is 2.65. The van der Waals surface area contributed by atoms with Gasteiger partial charge in [-0.25, -0.2) is 4.98 Å². The molecule has 1 aliphatic rings. The average Bonchev–Trinajstić information content (AvgIpc) is 3.03. The van der Waals surface area contributed by atoms with E-state index in [-0.39, 0.29) is 0 Å². The summed E-state index contributed by atoms with van der Waals surface area (Å²) in [7, 11) is 0.